The van der Waals surface area contributed by atoms with Gasteiger partial charge in [-0.1, -0.05) is 12.1 Å². The predicted octanol–water partition coefficient (Wildman–Crippen LogP) is 2.93. The average molecular weight is 372 g/mol. The molecule has 0 spiro atoms. The molecule has 0 amide bonds. The Bertz CT molecular complexity index is 584. The van der Waals surface area contributed by atoms with Crippen LogP contribution in [0.2, 0.25) is 0 Å². The maximum absolute atomic E-state index is 11.3. The summed E-state index contributed by atoms with van der Waals surface area (Å²) in [5.74, 6) is -0.193. The zero-order valence-electron chi connectivity index (χ0n) is 10.5. The van der Waals surface area contributed by atoms with E-state index in [4.69, 9.17) is 4.42 Å². The highest BCUT2D eigenvalue weighted by Gasteiger charge is 2.30. The van der Waals surface area contributed by atoms with Crippen LogP contribution in [0.4, 0.5) is 0 Å². The van der Waals surface area contributed by atoms with Crippen LogP contribution >= 0.6 is 22.6 Å². The lowest BCUT2D eigenvalue weighted by atomic mass is 9.94. The molecule has 1 unspecified atom stereocenters. The molecule has 1 aromatic heterocycles. The Morgan fingerprint density at radius 3 is 2.47 bits per heavy atom. The summed E-state index contributed by atoms with van der Waals surface area (Å²) < 4.78 is 11.0. The van der Waals surface area contributed by atoms with Gasteiger partial charge >= 0.3 is 5.97 Å². The van der Waals surface area contributed by atoms with Crippen LogP contribution in [0.1, 0.15) is 28.8 Å². The van der Waals surface area contributed by atoms with Crippen molar-refractivity contribution in [3.8, 4) is 0 Å². The van der Waals surface area contributed by atoms with E-state index in [0.29, 0.717) is 11.3 Å². The zero-order valence-corrected chi connectivity index (χ0v) is 12.7. The van der Waals surface area contributed by atoms with E-state index in [1.165, 1.54) is 13.2 Å². The van der Waals surface area contributed by atoms with E-state index in [0.717, 1.165) is 3.57 Å². The number of hydrogen-bond donors (Lipinski definition) is 1. The molecule has 0 aliphatic heterocycles. The summed E-state index contributed by atoms with van der Waals surface area (Å²) >= 11 is 2.19. The first-order valence-corrected chi connectivity index (χ1v) is 6.70. The number of furan rings is 1. The predicted molar refractivity (Wildman–Crippen MR) is 77.9 cm³/mol. The van der Waals surface area contributed by atoms with Crippen molar-refractivity contribution in [1.82, 2.24) is 0 Å². The molecule has 19 heavy (non-hydrogen) atoms. The van der Waals surface area contributed by atoms with E-state index in [2.05, 4.69) is 27.3 Å². The highest BCUT2D eigenvalue weighted by molar-refractivity contribution is 14.1. The van der Waals surface area contributed by atoms with Gasteiger partial charge in [0.2, 0.25) is 5.76 Å². The maximum atomic E-state index is 11.3. The third-order valence-electron chi connectivity index (χ3n) is 2.88. The van der Waals surface area contributed by atoms with Crippen LogP contribution in [0, 0.1) is 3.57 Å². The van der Waals surface area contributed by atoms with E-state index < -0.39 is 11.6 Å². The van der Waals surface area contributed by atoms with Gasteiger partial charge in [-0.15, -0.1) is 0 Å². The molecule has 0 saturated heterocycles. The van der Waals surface area contributed by atoms with E-state index in [1.807, 2.05) is 24.3 Å². The van der Waals surface area contributed by atoms with Crippen LogP contribution in [0.15, 0.2) is 40.8 Å². The van der Waals surface area contributed by atoms with Gasteiger partial charge in [0, 0.05) is 3.57 Å². The Morgan fingerprint density at radius 1 is 1.26 bits per heavy atom. The molecule has 5 heteroatoms. The zero-order chi connectivity index (χ0) is 14.0. The van der Waals surface area contributed by atoms with Gasteiger partial charge in [0.1, 0.15) is 11.4 Å². The molecule has 2 aromatic rings. The fourth-order valence-electron chi connectivity index (χ4n) is 1.73. The molecular formula is C14H13IO4. The van der Waals surface area contributed by atoms with E-state index in [1.54, 1.807) is 13.0 Å². The lowest BCUT2D eigenvalue weighted by Gasteiger charge is -2.21. The number of ether oxygens (including phenoxy) is 1. The summed E-state index contributed by atoms with van der Waals surface area (Å²) in [5, 5.41) is 10.6. The first kappa shape index (κ1) is 14.1. The molecule has 0 radical (unpaired) electrons. The smallest absolute Gasteiger partial charge is 0.373 e. The molecule has 1 atom stereocenters. The van der Waals surface area contributed by atoms with Gasteiger partial charge in [-0.25, -0.2) is 4.79 Å². The van der Waals surface area contributed by atoms with Gasteiger partial charge in [0.05, 0.1) is 7.11 Å². The minimum atomic E-state index is -1.30. The Labute approximate surface area is 124 Å². The van der Waals surface area contributed by atoms with Crippen molar-refractivity contribution in [2.45, 2.75) is 12.5 Å². The Kier molecular flexibility index (Phi) is 3.96. The van der Waals surface area contributed by atoms with Crippen molar-refractivity contribution in [1.29, 1.82) is 0 Å². The van der Waals surface area contributed by atoms with Crippen LogP contribution in [0.25, 0.3) is 0 Å². The van der Waals surface area contributed by atoms with Gasteiger partial charge < -0.3 is 14.3 Å². The highest BCUT2D eigenvalue weighted by Crippen LogP contribution is 2.30. The molecule has 1 heterocycles. The molecule has 0 fully saturated rings. The average Bonchev–Trinajstić information content (AvgIpc) is 2.88. The van der Waals surface area contributed by atoms with E-state index in [9.17, 15) is 9.90 Å². The minimum Gasteiger partial charge on any atom is -0.463 e. The number of esters is 1. The van der Waals surface area contributed by atoms with E-state index in [-0.39, 0.29) is 5.76 Å². The summed E-state index contributed by atoms with van der Waals surface area (Å²) in [7, 11) is 1.28. The summed E-state index contributed by atoms with van der Waals surface area (Å²) in [4.78, 5) is 11.3. The monoisotopic (exact) mass is 372 g/mol. The summed E-state index contributed by atoms with van der Waals surface area (Å²) in [5.41, 5.74) is -0.602. The quantitative estimate of drug-likeness (QED) is 0.665. The highest BCUT2D eigenvalue weighted by atomic mass is 127. The fourth-order valence-corrected chi connectivity index (χ4v) is 2.09. The molecule has 0 saturated carbocycles. The number of hydrogen-bond acceptors (Lipinski definition) is 4. The second-order valence-electron chi connectivity index (χ2n) is 4.23. The lowest BCUT2D eigenvalue weighted by Crippen LogP contribution is -2.22. The molecule has 1 N–H and O–H groups in total. The number of aliphatic hydroxyl groups is 1. The largest absolute Gasteiger partial charge is 0.463 e. The van der Waals surface area contributed by atoms with Crippen LogP contribution < -0.4 is 0 Å². The number of carbonyl (C=O) groups is 1. The summed E-state index contributed by atoms with van der Waals surface area (Å²) in [6.07, 6.45) is 0. The third-order valence-corrected chi connectivity index (χ3v) is 3.60. The molecule has 4 nitrogen and oxygen atoms in total. The van der Waals surface area contributed by atoms with Gasteiger partial charge in [-0.2, -0.15) is 0 Å². The van der Waals surface area contributed by atoms with Crippen molar-refractivity contribution < 1.29 is 19.1 Å². The second-order valence-corrected chi connectivity index (χ2v) is 5.48. The number of halogens is 1. The number of carbonyl (C=O) groups excluding carboxylic acids is 1. The third kappa shape index (κ3) is 2.82. The molecule has 1 aromatic carbocycles. The van der Waals surface area contributed by atoms with Crippen molar-refractivity contribution in [3.05, 3.63) is 57.1 Å². The molecule has 0 aliphatic rings. The first-order valence-electron chi connectivity index (χ1n) is 5.62. The fraction of sp³-hybridized carbons (Fsp3) is 0.214. The molecule has 0 aliphatic carbocycles. The second kappa shape index (κ2) is 5.34. The van der Waals surface area contributed by atoms with Crippen LogP contribution in [-0.2, 0) is 10.3 Å². The van der Waals surface area contributed by atoms with Crippen molar-refractivity contribution in [3.63, 3.8) is 0 Å². The van der Waals surface area contributed by atoms with Gasteiger partial charge in [0.25, 0.3) is 0 Å². The maximum Gasteiger partial charge on any atom is 0.373 e. The summed E-state index contributed by atoms with van der Waals surface area (Å²) in [6.45, 7) is 1.62. The summed E-state index contributed by atoms with van der Waals surface area (Å²) in [6, 6.07) is 10.5. The van der Waals surface area contributed by atoms with Crippen molar-refractivity contribution >= 4 is 28.6 Å². The SMILES string of the molecule is COC(=O)c1ccc(C(C)(O)c2ccc(I)cc2)o1. The minimum absolute atomic E-state index is 0.0725. The first-order chi connectivity index (χ1) is 8.95. The van der Waals surface area contributed by atoms with Crippen molar-refractivity contribution in [2.75, 3.05) is 7.11 Å². The molecule has 2 rings (SSSR count). The molecule has 0 bridgehead atoms. The Hall–Kier alpha value is -1.34. The standard InChI is InChI=1S/C14H13IO4/c1-14(17,9-3-5-10(15)6-4-9)12-8-7-11(19-12)13(16)18-2/h3-8,17H,1-2H3. The van der Waals surface area contributed by atoms with Crippen molar-refractivity contribution in [2.24, 2.45) is 0 Å². The molecule has 100 valence electrons. The Balaban J connectivity index is 2.36. The Morgan fingerprint density at radius 2 is 1.89 bits per heavy atom. The normalized spacial score (nSPS) is 13.9. The molecular weight excluding hydrogens is 359 g/mol. The van der Waals surface area contributed by atoms with Gasteiger partial charge in [-0.3, -0.25) is 0 Å². The van der Waals surface area contributed by atoms with E-state index >= 15 is 0 Å². The number of methoxy groups -OCH3 is 1. The van der Waals surface area contributed by atoms with Crippen LogP contribution in [-0.4, -0.2) is 18.2 Å². The topological polar surface area (TPSA) is 59.7 Å². The van der Waals surface area contributed by atoms with Gasteiger partial charge in [-0.05, 0) is 59.3 Å². The van der Waals surface area contributed by atoms with Gasteiger partial charge in [0.15, 0.2) is 0 Å². The number of benzene rings is 1. The van der Waals surface area contributed by atoms with Crippen LogP contribution in [0.3, 0.4) is 0 Å². The lowest BCUT2D eigenvalue weighted by molar-refractivity contribution is 0.0522. The van der Waals surface area contributed by atoms with Crippen LogP contribution in [0.5, 0.6) is 0 Å². The number of rotatable bonds is 3.